The number of hydrogen-bond donors (Lipinski definition) is 1. The highest BCUT2D eigenvalue weighted by Gasteiger charge is 2.05. The molecule has 4 nitrogen and oxygen atoms in total. The Labute approximate surface area is 90.3 Å². The molecule has 1 amide bonds. The molecule has 1 aromatic heterocycles. The lowest BCUT2D eigenvalue weighted by atomic mass is 10.2. The van der Waals surface area contributed by atoms with E-state index in [1.807, 2.05) is 19.0 Å². The van der Waals surface area contributed by atoms with Crippen molar-refractivity contribution in [1.29, 1.82) is 0 Å². The van der Waals surface area contributed by atoms with E-state index in [0.717, 1.165) is 12.1 Å². The summed E-state index contributed by atoms with van der Waals surface area (Å²) in [4.78, 5) is 17.5. The van der Waals surface area contributed by atoms with Crippen molar-refractivity contribution < 1.29 is 4.79 Å². The van der Waals surface area contributed by atoms with Crippen molar-refractivity contribution in [3.8, 4) is 0 Å². The fourth-order valence-electron chi connectivity index (χ4n) is 1.04. The molecule has 1 N–H and O–H groups in total. The van der Waals surface area contributed by atoms with E-state index in [4.69, 9.17) is 0 Å². The van der Waals surface area contributed by atoms with Gasteiger partial charge < -0.3 is 10.2 Å². The monoisotopic (exact) mass is 206 g/mol. The van der Waals surface area contributed by atoms with Crippen molar-refractivity contribution >= 4 is 5.91 Å². The molecule has 4 heteroatoms. The van der Waals surface area contributed by atoms with Crippen LogP contribution in [-0.4, -0.2) is 43.0 Å². The lowest BCUT2D eigenvalue weighted by Gasteiger charge is -2.09. The van der Waals surface area contributed by atoms with Gasteiger partial charge in [0.15, 0.2) is 0 Å². The Morgan fingerprint density at radius 3 is 2.80 bits per heavy atom. The zero-order chi connectivity index (χ0) is 11.3. The van der Waals surface area contributed by atoms with E-state index in [1.54, 1.807) is 18.3 Å². The molecule has 1 aromatic rings. The van der Waals surface area contributed by atoms with E-state index < -0.39 is 0 Å². The summed E-state index contributed by atoms with van der Waals surface area (Å²) in [6.45, 7) is 5.15. The molecule has 81 valence electrons. The number of hydrogen-bond acceptors (Lipinski definition) is 3. The predicted molar refractivity (Wildman–Crippen MR) is 59.6 cm³/mol. The first kappa shape index (κ1) is 11.7. The zero-order valence-corrected chi connectivity index (χ0v) is 9.16. The van der Waals surface area contributed by atoms with Crippen molar-refractivity contribution in [2.45, 2.75) is 0 Å². The molecule has 0 aliphatic rings. The molecule has 1 radical (unpaired) electrons. The highest BCUT2D eigenvalue weighted by Crippen LogP contribution is 1.97. The van der Waals surface area contributed by atoms with E-state index in [-0.39, 0.29) is 5.91 Å². The first-order valence-corrected chi connectivity index (χ1v) is 4.80. The van der Waals surface area contributed by atoms with Crippen LogP contribution in [0.4, 0.5) is 0 Å². The quantitative estimate of drug-likeness (QED) is 0.782. The molecule has 0 saturated heterocycles. The summed E-state index contributed by atoms with van der Waals surface area (Å²) in [5.74, 6) is -0.142. The van der Waals surface area contributed by atoms with E-state index in [9.17, 15) is 4.79 Å². The first-order chi connectivity index (χ1) is 7.09. The summed E-state index contributed by atoms with van der Waals surface area (Å²) in [7, 11) is 3.92. The Kier molecular flexibility index (Phi) is 4.24. The van der Waals surface area contributed by atoms with Crippen LogP contribution in [0.15, 0.2) is 18.3 Å². The summed E-state index contributed by atoms with van der Waals surface area (Å²) in [5.41, 5.74) is 1.24. The Morgan fingerprint density at radius 2 is 2.27 bits per heavy atom. The highest BCUT2D eigenvalue weighted by molar-refractivity contribution is 5.92. The molecule has 1 heterocycles. The molecule has 0 aliphatic heterocycles. The summed E-state index contributed by atoms with van der Waals surface area (Å²) in [6.07, 6.45) is 1.58. The molecule has 1 rings (SSSR count). The molecule has 15 heavy (non-hydrogen) atoms. The zero-order valence-electron chi connectivity index (χ0n) is 9.16. The minimum Gasteiger partial charge on any atom is -0.349 e. The summed E-state index contributed by atoms with van der Waals surface area (Å²) in [6, 6.07) is 3.45. The molecule has 0 saturated carbocycles. The Morgan fingerprint density at radius 1 is 1.53 bits per heavy atom. The summed E-state index contributed by atoms with van der Waals surface area (Å²) < 4.78 is 0. The molecule has 0 bridgehead atoms. The van der Waals surface area contributed by atoms with Gasteiger partial charge in [0.2, 0.25) is 0 Å². The van der Waals surface area contributed by atoms with Gasteiger partial charge in [-0.3, -0.25) is 9.78 Å². The van der Waals surface area contributed by atoms with E-state index in [0.29, 0.717) is 12.2 Å². The van der Waals surface area contributed by atoms with Crippen LogP contribution in [0.3, 0.4) is 0 Å². The first-order valence-electron chi connectivity index (χ1n) is 4.80. The Balaban J connectivity index is 2.43. The number of likely N-dealkylation sites (N-methyl/N-ethyl adjacent to an activating group) is 1. The largest absolute Gasteiger partial charge is 0.349 e. The average Bonchev–Trinajstić information content (AvgIpc) is 2.18. The van der Waals surface area contributed by atoms with Crippen molar-refractivity contribution in [3.05, 3.63) is 36.5 Å². The second-order valence-electron chi connectivity index (χ2n) is 3.61. The predicted octanol–water partition coefficient (Wildman–Crippen LogP) is 0.555. The number of carbonyl (C=O) groups is 1. The maximum Gasteiger partial charge on any atom is 0.269 e. The maximum absolute atomic E-state index is 11.5. The molecule has 0 aliphatic carbocycles. The van der Waals surface area contributed by atoms with Crippen LogP contribution in [0.1, 0.15) is 16.1 Å². The number of pyridine rings is 1. The molecule has 0 spiro atoms. The number of rotatable bonds is 4. The highest BCUT2D eigenvalue weighted by atomic mass is 16.1. The normalized spacial score (nSPS) is 10.4. The average molecular weight is 206 g/mol. The van der Waals surface area contributed by atoms with Gasteiger partial charge in [0, 0.05) is 19.3 Å². The van der Waals surface area contributed by atoms with Crippen molar-refractivity contribution in [1.82, 2.24) is 15.2 Å². The van der Waals surface area contributed by atoms with Gasteiger partial charge >= 0.3 is 0 Å². The molecular formula is C11H16N3O. The van der Waals surface area contributed by atoms with Gasteiger partial charge in [-0.05, 0) is 32.6 Å². The van der Waals surface area contributed by atoms with E-state index in [2.05, 4.69) is 17.2 Å². The molecule has 0 aromatic carbocycles. The Hall–Kier alpha value is -1.42. The number of amides is 1. The van der Waals surface area contributed by atoms with Crippen LogP contribution in [0.2, 0.25) is 0 Å². The van der Waals surface area contributed by atoms with Gasteiger partial charge in [-0.15, -0.1) is 0 Å². The third kappa shape index (κ3) is 4.08. The fourth-order valence-corrected chi connectivity index (χ4v) is 1.04. The molecular weight excluding hydrogens is 190 g/mol. The number of nitrogens with one attached hydrogen (secondary N) is 1. The van der Waals surface area contributed by atoms with Crippen LogP contribution in [-0.2, 0) is 0 Å². The number of aromatic nitrogens is 1. The van der Waals surface area contributed by atoms with Crippen LogP contribution >= 0.6 is 0 Å². The van der Waals surface area contributed by atoms with Gasteiger partial charge in [-0.1, -0.05) is 6.07 Å². The standard InChI is InChI=1S/C11H16N3O/c1-9-4-5-10(13-8-9)11(15)12-6-7-14(2)3/h4-5,8H,1,6-7H2,2-3H3,(H,12,15). The lowest BCUT2D eigenvalue weighted by molar-refractivity contribution is 0.0946. The second kappa shape index (κ2) is 5.46. The van der Waals surface area contributed by atoms with Crippen molar-refractivity contribution in [3.63, 3.8) is 0 Å². The molecule has 0 atom stereocenters. The van der Waals surface area contributed by atoms with Crippen LogP contribution in [0.25, 0.3) is 0 Å². The maximum atomic E-state index is 11.5. The smallest absolute Gasteiger partial charge is 0.269 e. The minimum absolute atomic E-state index is 0.142. The van der Waals surface area contributed by atoms with Gasteiger partial charge in [-0.25, -0.2) is 0 Å². The van der Waals surface area contributed by atoms with Crippen molar-refractivity contribution in [2.75, 3.05) is 27.2 Å². The van der Waals surface area contributed by atoms with Crippen LogP contribution in [0, 0.1) is 6.92 Å². The Bertz CT molecular complexity index is 319. The van der Waals surface area contributed by atoms with Gasteiger partial charge in [0.05, 0.1) is 0 Å². The third-order valence-electron chi connectivity index (χ3n) is 1.90. The van der Waals surface area contributed by atoms with E-state index >= 15 is 0 Å². The number of carbonyl (C=O) groups excluding carboxylic acids is 1. The third-order valence-corrected chi connectivity index (χ3v) is 1.90. The van der Waals surface area contributed by atoms with Gasteiger partial charge in [0.1, 0.15) is 5.69 Å². The van der Waals surface area contributed by atoms with Crippen LogP contribution in [0.5, 0.6) is 0 Å². The van der Waals surface area contributed by atoms with Crippen LogP contribution < -0.4 is 5.32 Å². The fraction of sp³-hybridized carbons (Fsp3) is 0.364. The molecule has 0 unspecified atom stereocenters. The second-order valence-corrected chi connectivity index (χ2v) is 3.61. The van der Waals surface area contributed by atoms with Crippen molar-refractivity contribution in [2.24, 2.45) is 0 Å². The topological polar surface area (TPSA) is 45.2 Å². The van der Waals surface area contributed by atoms with Gasteiger partial charge in [-0.2, -0.15) is 0 Å². The molecule has 0 fully saturated rings. The van der Waals surface area contributed by atoms with E-state index in [1.165, 1.54) is 0 Å². The SMILES string of the molecule is [CH2]c1ccc(C(=O)NCCN(C)C)nc1. The summed E-state index contributed by atoms with van der Waals surface area (Å²) >= 11 is 0. The van der Waals surface area contributed by atoms with Gasteiger partial charge in [0.25, 0.3) is 5.91 Å². The minimum atomic E-state index is -0.142. The summed E-state index contributed by atoms with van der Waals surface area (Å²) in [5, 5.41) is 2.79. The number of nitrogens with zero attached hydrogens (tertiary/aromatic N) is 2. The lowest BCUT2D eigenvalue weighted by Crippen LogP contribution is -2.31.